The summed E-state index contributed by atoms with van der Waals surface area (Å²) in [5.74, 6) is 2.65. The van der Waals surface area contributed by atoms with Gasteiger partial charge in [0.15, 0.2) is 5.43 Å². The number of nitrogens with one attached hydrogen (secondary N) is 1. The molecule has 2 aromatic heterocycles. The lowest BCUT2D eigenvalue weighted by Gasteiger charge is -2.21. The Labute approximate surface area is 207 Å². The third kappa shape index (κ3) is 3.44. The van der Waals surface area contributed by atoms with Crippen LogP contribution in [0.3, 0.4) is 0 Å². The zero-order chi connectivity index (χ0) is 25.2. The number of aromatic nitrogens is 2. The first-order chi connectivity index (χ1) is 17.3. The number of halogens is 1. The highest BCUT2D eigenvalue weighted by Gasteiger charge is 2.25. The van der Waals surface area contributed by atoms with Crippen LogP contribution in [0.4, 0.5) is 3.89 Å². The van der Waals surface area contributed by atoms with Gasteiger partial charge in [-0.05, 0) is 72.9 Å². The predicted molar refractivity (Wildman–Crippen MR) is 141 cm³/mol. The zero-order valence-electron chi connectivity index (χ0n) is 19.6. The van der Waals surface area contributed by atoms with Crippen molar-refractivity contribution in [2.75, 3.05) is 0 Å². The molecule has 0 atom stereocenters. The average Bonchev–Trinajstić information content (AvgIpc) is 3.52. The second kappa shape index (κ2) is 8.07. The monoisotopic (exact) mass is 498 g/mol. The molecule has 3 aromatic carbocycles. The van der Waals surface area contributed by atoms with E-state index >= 15 is 0 Å². The second-order valence-electron chi connectivity index (χ2n) is 9.54. The maximum absolute atomic E-state index is 13.9. The van der Waals surface area contributed by atoms with Crippen LogP contribution < -0.4 is 5.43 Å². The fourth-order valence-electron chi connectivity index (χ4n) is 5.68. The van der Waals surface area contributed by atoms with Gasteiger partial charge in [-0.25, -0.2) is 0 Å². The summed E-state index contributed by atoms with van der Waals surface area (Å²) in [5.41, 5.74) is 5.16. The van der Waals surface area contributed by atoms with Crippen molar-refractivity contribution >= 4 is 43.1 Å². The van der Waals surface area contributed by atoms with E-state index in [0.29, 0.717) is 16.3 Å². The van der Waals surface area contributed by atoms with E-state index in [9.17, 15) is 17.1 Å². The van der Waals surface area contributed by atoms with Gasteiger partial charge in [-0.2, -0.15) is 8.42 Å². The van der Waals surface area contributed by atoms with Crippen molar-refractivity contribution in [3.8, 4) is 23.5 Å². The van der Waals surface area contributed by atoms with Gasteiger partial charge >= 0.3 is 10.2 Å². The molecule has 1 aliphatic rings. The molecule has 5 nitrogen and oxygen atoms in total. The number of nitrogens with zero attached hydrogens (tertiary/aromatic N) is 1. The fraction of sp³-hybridized carbons (Fsp3) is 0.207. The Morgan fingerprint density at radius 2 is 1.83 bits per heavy atom. The van der Waals surface area contributed by atoms with Crippen LogP contribution in [0.2, 0.25) is 0 Å². The summed E-state index contributed by atoms with van der Waals surface area (Å²) in [6.07, 6.45) is 9.82. The van der Waals surface area contributed by atoms with Gasteiger partial charge < -0.3 is 9.55 Å². The third-order valence-electron chi connectivity index (χ3n) is 7.38. The summed E-state index contributed by atoms with van der Waals surface area (Å²) >= 11 is 0. The van der Waals surface area contributed by atoms with Crippen LogP contribution in [0.1, 0.15) is 42.9 Å². The topological polar surface area (TPSA) is 71.9 Å². The molecule has 6 rings (SSSR count). The van der Waals surface area contributed by atoms with Crippen LogP contribution in [-0.4, -0.2) is 18.0 Å². The first-order valence-corrected chi connectivity index (χ1v) is 13.3. The van der Waals surface area contributed by atoms with Crippen molar-refractivity contribution < 1.29 is 12.3 Å². The minimum Gasteiger partial charge on any atom is -0.340 e. The average molecular weight is 499 g/mol. The molecule has 180 valence electrons. The first kappa shape index (κ1) is 22.6. The zero-order valence-corrected chi connectivity index (χ0v) is 20.5. The van der Waals surface area contributed by atoms with Gasteiger partial charge in [0.05, 0.1) is 15.8 Å². The lowest BCUT2D eigenvalue weighted by atomic mass is 9.97. The van der Waals surface area contributed by atoms with E-state index in [1.165, 1.54) is 18.2 Å². The lowest BCUT2D eigenvalue weighted by Crippen LogP contribution is -2.14. The van der Waals surface area contributed by atoms with Crippen LogP contribution >= 0.6 is 0 Å². The summed E-state index contributed by atoms with van der Waals surface area (Å²) in [6.45, 7) is 1.88. The Morgan fingerprint density at radius 1 is 1.06 bits per heavy atom. The van der Waals surface area contributed by atoms with Gasteiger partial charge in [0, 0.05) is 27.9 Å². The number of pyridine rings is 1. The van der Waals surface area contributed by atoms with E-state index in [-0.39, 0.29) is 16.4 Å². The molecular weight excluding hydrogens is 475 g/mol. The number of rotatable bonds is 3. The second-order valence-corrected chi connectivity index (χ2v) is 10.9. The van der Waals surface area contributed by atoms with Crippen LogP contribution in [0.5, 0.6) is 0 Å². The van der Waals surface area contributed by atoms with Crippen molar-refractivity contribution in [3.63, 3.8) is 0 Å². The Kier molecular flexibility index (Phi) is 5.06. The molecule has 0 aliphatic heterocycles. The SMILES string of the molecule is C#Cc1ccc2c(c1)[nH]c1c2c(=O)c2cc(C)c(-c3cccc(S(=O)(=O)F)c3)cc2n1C1CCCC1. The van der Waals surface area contributed by atoms with Gasteiger partial charge in [0.25, 0.3) is 0 Å². The van der Waals surface area contributed by atoms with Gasteiger partial charge in [-0.1, -0.05) is 37.0 Å². The summed E-state index contributed by atoms with van der Waals surface area (Å²) in [6, 6.07) is 15.5. The molecule has 0 saturated heterocycles. The predicted octanol–water partition coefficient (Wildman–Crippen LogP) is 6.37. The van der Waals surface area contributed by atoms with Crippen LogP contribution in [0, 0.1) is 19.3 Å². The molecule has 5 aromatic rings. The molecule has 0 unspecified atom stereocenters. The summed E-state index contributed by atoms with van der Waals surface area (Å²) < 4.78 is 39.0. The molecular formula is C29H23FN2O3S. The maximum Gasteiger partial charge on any atom is 0.332 e. The van der Waals surface area contributed by atoms with Crippen molar-refractivity contribution in [1.29, 1.82) is 0 Å². The van der Waals surface area contributed by atoms with Crippen LogP contribution in [0.25, 0.3) is 44.0 Å². The molecule has 1 fully saturated rings. The van der Waals surface area contributed by atoms with E-state index < -0.39 is 10.2 Å². The summed E-state index contributed by atoms with van der Waals surface area (Å²) in [7, 11) is -4.84. The van der Waals surface area contributed by atoms with E-state index in [0.717, 1.165) is 64.4 Å². The van der Waals surface area contributed by atoms with Gasteiger partial charge in [0.2, 0.25) is 0 Å². The number of terminal acetylenes is 1. The highest BCUT2D eigenvalue weighted by molar-refractivity contribution is 7.86. The van der Waals surface area contributed by atoms with Crippen LogP contribution in [-0.2, 0) is 10.2 Å². The molecule has 0 amide bonds. The molecule has 7 heteroatoms. The van der Waals surface area contributed by atoms with Gasteiger partial charge in [-0.15, -0.1) is 10.3 Å². The highest BCUT2D eigenvalue weighted by Crippen LogP contribution is 2.38. The quantitative estimate of drug-likeness (QED) is 0.232. The number of benzene rings is 3. The molecule has 36 heavy (non-hydrogen) atoms. The molecule has 1 aliphatic carbocycles. The number of hydrogen-bond acceptors (Lipinski definition) is 3. The van der Waals surface area contributed by atoms with Crippen molar-refractivity contribution in [1.82, 2.24) is 9.55 Å². The molecule has 0 radical (unpaired) electrons. The molecule has 1 N–H and O–H groups in total. The number of aromatic amines is 1. The number of hydrogen-bond donors (Lipinski definition) is 1. The minimum absolute atomic E-state index is 0.0660. The van der Waals surface area contributed by atoms with Crippen LogP contribution in [0.15, 0.2) is 64.3 Å². The van der Waals surface area contributed by atoms with Crippen molar-refractivity contribution in [2.45, 2.75) is 43.5 Å². The minimum atomic E-state index is -4.84. The first-order valence-electron chi connectivity index (χ1n) is 11.9. The Bertz CT molecular complexity index is 1920. The smallest absolute Gasteiger partial charge is 0.332 e. The Hall–Kier alpha value is -3.89. The van der Waals surface area contributed by atoms with Crippen molar-refractivity contribution in [3.05, 3.63) is 75.9 Å². The molecule has 1 saturated carbocycles. The van der Waals surface area contributed by atoms with E-state index in [2.05, 4.69) is 15.5 Å². The molecule has 0 spiro atoms. The molecule has 0 bridgehead atoms. The third-order valence-corrected chi connectivity index (χ3v) is 8.19. The standard InChI is InChI=1S/C29H23FN2O3S/c1-3-18-11-12-22-25(14-18)31-29-27(22)28(33)24-13-17(2)23(16-26(24)32(29)20-8-4-5-9-20)19-7-6-10-21(15-19)36(30,34)35/h1,6-7,10-16,20,31H,4-5,8-9H2,2H3. The Morgan fingerprint density at radius 3 is 2.56 bits per heavy atom. The number of aryl methyl sites for hydroxylation is 1. The molecule has 2 heterocycles. The van der Waals surface area contributed by atoms with E-state index in [1.807, 2.05) is 37.3 Å². The largest absolute Gasteiger partial charge is 0.340 e. The lowest BCUT2D eigenvalue weighted by molar-refractivity contribution is 0.545. The highest BCUT2D eigenvalue weighted by atomic mass is 32.3. The van der Waals surface area contributed by atoms with Crippen molar-refractivity contribution in [2.24, 2.45) is 0 Å². The normalized spacial score (nSPS) is 14.7. The maximum atomic E-state index is 13.9. The van der Waals surface area contributed by atoms with Gasteiger partial charge in [-0.3, -0.25) is 4.79 Å². The number of H-pyrrole nitrogens is 1. The van der Waals surface area contributed by atoms with Gasteiger partial charge in [0.1, 0.15) is 5.65 Å². The number of fused-ring (bicyclic) bond motifs is 4. The van der Waals surface area contributed by atoms with E-state index in [4.69, 9.17) is 6.42 Å². The van der Waals surface area contributed by atoms with E-state index in [1.54, 1.807) is 6.07 Å². The Balaban J connectivity index is 1.73. The summed E-state index contributed by atoms with van der Waals surface area (Å²) in [4.78, 5) is 17.0. The fourth-order valence-corrected chi connectivity index (χ4v) is 6.19. The summed E-state index contributed by atoms with van der Waals surface area (Å²) in [5, 5.41) is 2.09.